The number of aryl methyl sites for hydroxylation is 1. The predicted octanol–water partition coefficient (Wildman–Crippen LogP) is 3.42. The minimum atomic E-state index is -1.08. The number of hydrogen-bond acceptors (Lipinski definition) is 7. The highest BCUT2D eigenvalue weighted by Gasteiger charge is 2.43. The maximum atomic E-state index is 12.4. The number of likely N-dealkylation sites (tertiary alicyclic amines) is 1. The number of carbonyl (C=O) groups is 2. The Kier molecular flexibility index (Phi) is 6.33. The number of aliphatic carboxylic acids is 1. The van der Waals surface area contributed by atoms with Gasteiger partial charge in [-0.3, -0.25) is 4.90 Å². The first-order chi connectivity index (χ1) is 14.1. The molecule has 1 aromatic carbocycles. The molecule has 3 N–H and O–H groups in total. The van der Waals surface area contributed by atoms with Crippen LogP contribution in [0.25, 0.3) is 10.4 Å². The van der Waals surface area contributed by atoms with Crippen LogP contribution in [-0.4, -0.2) is 51.3 Å². The Hall–Kier alpha value is -2.65. The van der Waals surface area contributed by atoms with Crippen molar-refractivity contribution < 1.29 is 24.2 Å². The quantitative estimate of drug-likeness (QED) is 0.742. The monoisotopic (exact) mass is 433 g/mol. The molecule has 0 aliphatic carbocycles. The van der Waals surface area contributed by atoms with Gasteiger partial charge in [0.15, 0.2) is 0 Å². The van der Waals surface area contributed by atoms with Gasteiger partial charge in [-0.15, -0.1) is 0 Å². The molecule has 1 aromatic heterocycles. The van der Waals surface area contributed by atoms with E-state index >= 15 is 0 Å². The third-order valence-electron chi connectivity index (χ3n) is 4.67. The van der Waals surface area contributed by atoms with Crippen LogP contribution in [0, 0.1) is 6.92 Å². The zero-order chi connectivity index (χ0) is 22.1. The SMILES string of the molecule is Cc1nc(O[C@@H]2C[C@@H](C(=O)O)N(C(=O)OC(C)(C)C)C2)sc1-c1ccc(CN)cc1. The lowest BCUT2D eigenvalue weighted by Gasteiger charge is -2.26. The van der Waals surface area contributed by atoms with Crippen molar-refractivity contribution in [2.45, 2.75) is 58.4 Å². The van der Waals surface area contributed by atoms with Crippen LogP contribution in [-0.2, 0) is 16.1 Å². The fourth-order valence-electron chi connectivity index (χ4n) is 3.26. The molecule has 30 heavy (non-hydrogen) atoms. The molecule has 9 heteroatoms. The molecule has 0 radical (unpaired) electrons. The molecule has 0 unspecified atom stereocenters. The smallest absolute Gasteiger partial charge is 0.411 e. The molecule has 1 aliphatic rings. The number of carbonyl (C=O) groups excluding carboxylic acids is 1. The topological polar surface area (TPSA) is 115 Å². The molecule has 0 bridgehead atoms. The van der Waals surface area contributed by atoms with Gasteiger partial charge in [-0.1, -0.05) is 35.6 Å². The van der Waals surface area contributed by atoms with E-state index < -0.39 is 29.8 Å². The van der Waals surface area contributed by atoms with Gasteiger partial charge in [0, 0.05) is 13.0 Å². The number of hydrogen-bond donors (Lipinski definition) is 2. The number of nitrogens with zero attached hydrogens (tertiary/aromatic N) is 2. The summed E-state index contributed by atoms with van der Waals surface area (Å²) in [7, 11) is 0. The molecule has 1 fully saturated rings. The molecule has 8 nitrogen and oxygen atoms in total. The lowest BCUT2D eigenvalue weighted by Crippen LogP contribution is -2.43. The number of benzene rings is 1. The molecule has 0 spiro atoms. The van der Waals surface area contributed by atoms with Gasteiger partial charge < -0.3 is 20.3 Å². The van der Waals surface area contributed by atoms with Gasteiger partial charge >= 0.3 is 12.1 Å². The Bertz CT molecular complexity index is 920. The molecule has 1 amide bonds. The minimum Gasteiger partial charge on any atom is -0.480 e. The Morgan fingerprint density at radius 3 is 2.53 bits per heavy atom. The van der Waals surface area contributed by atoms with Gasteiger partial charge in [-0.25, -0.2) is 14.6 Å². The zero-order valence-electron chi connectivity index (χ0n) is 17.5. The van der Waals surface area contributed by atoms with E-state index in [2.05, 4.69) is 4.98 Å². The molecular formula is C21H27N3O5S. The number of amides is 1. The summed E-state index contributed by atoms with van der Waals surface area (Å²) in [5.74, 6) is -1.08. The van der Waals surface area contributed by atoms with Crippen molar-refractivity contribution in [3.63, 3.8) is 0 Å². The van der Waals surface area contributed by atoms with E-state index in [1.54, 1.807) is 20.8 Å². The summed E-state index contributed by atoms with van der Waals surface area (Å²) in [6.45, 7) is 7.74. The molecule has 162 valence electrons. The van der Waals surface area contributed by atoms with Crippen molar-refractivity contribution in [3.05, 3.63) is 35.5 Å². The Morgan fingerprint density at radius 2 is 1.97 bits per heavy atom. The van der Waals surface area contributed by atoms with Crippen LogP contribution in [0.15, 0.2) is 24.3 Å². The van der Waals surface area contributed by atoms with E-state index in [1.165, 1.54) is 16.2 Å². The first-order valence-corrected chi connectivity index (χ1v) is 10.5. The Balaban J connectivity index is 1.73. The molecule has 2 atom stereocenters. The lowest BCUT2D eigenvalue weighted by molar-refractivity contribution is -0.142. The summed E-state index contributed by atoms with van der Waals surface area (Å²) in [6.07, 6.45) is -0.957. The van der Waals surface area contributed by atoms with Crippen molar-refractivity contribution in [1.29, 1.82) is 0 Å². The zero-order valence-corrected chi connectivity index (χ0v) is 18.4. The van der Waals surface area contributed by atoms with Crippen LogP contribution in [0.5, 0.6) is 5.19 Å². The van der Waals surface area contributed by atoms with Crippen molar-refractivity contribution in [2.75, 3.05) is 6.54 Å². The van der Waals surface area contributed by atoms with Gasteiger partial charge in [-0.05, 0) is 38.8 Å². The average molecular weight is 434 g/mol. The van der Waals surface area contributed by atoms with Gasteiger partial charge in [0.25, 0.3) is 5.19 Å². The average Bonchev–Trinajstić information content (AvgIpc) is 3.24. The molecule has 3 rings (SSSR count). The number of carboxylic acid groups (broad SMARTS) is 1. The van der Waals surface area contributed by atoms with Crippen LogP contribution in [0.4, 0.5) is 4.79 Å². The summed E-state index contributed by atoms with van der Waals surface area (Å²) < 4.78 is 11.3. The highest BCUT2D eigenvalue weighted by atomic mass is 32.1. The maximum absolute atomic E-state index is 12.4. The van der Waals surface area contributed by atoms with Gasteiger partial charge in [0.2, 0.25) is 0 Å². The van der Waals surface area contributed by atoms with E-state index in [0.29, 0.717) is 11.7 Å². The molecule has 0 saturated carbocycles. The fourth-order valence-corrected chi connectivity index (χ4v) is 4.25. The van der Waals surface area contributed by atoms with E-state index in [4.69, 9.17) is 15.2 Å². The molecule has 1 saturated heterocycles. The molecule has 1 aliphatic heterocycles. The molecular weight excluding hydrogens is 406 g/mol. The third-order valence-corrected chi connectivity index (χ3v) is 5.77. The fraction of sp³-hybridized carbons (Fsp3) is 0.476. The summed E-state index contributed by atoms with van der Waals surface area (Å²) in [5.41, 5.74) is 7.83. The second-order valence-corrected chi connectivity index (χ2v) is 9.22. The highest BCUT2D eigenvalue weighted by molar-refractivity contribution is 7.17. The lowest BCUT2D eigenvalue weighted by atomic mass is 10.1. The Labute approximate surface area is 179 Å². The van der Waals surface area contributed by atoms with Gasteiger partial charge in [-0.2, -0.15) is 0 Å². The number of nitrogens with two attached hydrogens (primary N) is 1. The minimum absolute atomic E-state index is 0.130. The van der Waals surface area contributed by atoms with Gasteiger partial charge in [0.05, 0.1) is 17.1 Å². The van der Waals surface area contributed by atoms with Crippen molar-refractivity contribution in [1.82, 2.24) is 9.88 Å². The molecule has 2 aromatic rings. The number of thiazole rings is 1. The summed E-state index contributed by atoms with van der Waals surface area (Å²) >= 11 is 1.40. The van der Waals surface area contributed by atoms with Crippen LogP contribution in [0.3, 0.4) is 0 Å². The molecule has 2 heterocycles. The summed E-state index contributed by atoms with van der Waals surface area (Å²) in [5, 5.41) is 9.98. The van der Waals surface area contributed by atoms with E-state index in [0.717, 1.165) is 21.7 Å². The number of carboxylic acids is 1. The van der Waals surface area contributed by atoms with Crippen LogP contribution in [0.1, 0.15) is 38.4 Å². The van der Waals surface area contributed by atoms with Crippen molar-refractivity contribution in [3.8, 4) is 15.6 Å². The Morgan fingerprint density at radius 1 is 1.30 bits per heavy atom. The second-order valence-electron chi connectivity index (χ2n) is 8.26. The second kappa shape index (κ2) is 8.61. The van der Waals surface area contributed by atoms with Crippen LogP contribution in [0.2, 0.25) is 0 Å². The third kappa shape index (κ3) is 5.09. The first kappa shape index (κ1) is 22.0. The van der Waals surface area contributed by atoms with Crippen molar-refractivity contribution in [2.24, 2.45) is 5.73 Å². The van der Waals surface area contributed by atoms with Crippen LogP contribution < -0.4 is 10.5 Å². The van der Waals surface area contributed by atoms with E-state index in [-0.39, 0.29) is 13.0 Å². The first-order valence-electron chi connectivity index (χ1n) is 9.73. The highest BCUT2D eigenvalue weighted by Crippen LogP contribution is 2.36. The predicted molar refractivity (Wildman–Crippen MR) is 114 cm³/mol. The number of aromatic nitrogens is 1. The van der Waals surface area contributed by atoms with Gasteiger partial charge in [0.1, 0.15) is 17.7 Å². The van der Waals surface area contributed by atoms with E-state index in [1.807, 2.05) is 31.2 Å². The number of ether oxygens (including phenoxy) is 2. The normalized spacial score (nSPS) is 19.0. The number of rotatable bonds is 5. The largest absolute Gasteiger partial charge is 0.480 e. The van der Waals surface area contributed by atoms with Crippen molar-refractivity contribution >= 4 is 23.4 Å². The maximum Gasteiger partial charge on any atom is 0.411 e. The summed E-state index contributed by atoms with van der Waals surface area (Å²) in [4.78, 5) is 30.8. The van der Waals surface area contributed by atoms with E-state index in [9.17, 15) is 14.7 Å². The van der Waals surface area contributed by atoms with Crippen LogP contribution >= 0.6 is 11.3 Å². The standard InChI is InChI=1S/C21H27N3O5S/c1-12-17(14-7-5-13(10-22)6-8-14)30-19(23-12)28-15-9-16(18(25)26)24(11-15)20(27)29-21(2,3)4/h5-8,15-16H,9-11,22H2,1-4H3,(H,25,26)/t15-,16+/m1/s1. The summed E-state index contributed by atoms with van der Waals surface area (Å²) in [6, 6.07) is 6.94.